The fourth-order valence-corrected chi connectivity index (χ4v) is 6.38. The smallest absolute Gasteiger partial charge is 0.125 e. The summed E-state index contributed by atoms with van der Waals surface area (Å²) in [6.45, 7) is 0. The van der Waals surface area contributed by atoms with Crippen LogP contribution in [0.4, 0.5) is 4.39 Å². The van der Waals surface area contributed by atoms with Crippen LogP contribution in [0.15, 0.2) is 54.6 Å². The maximum absolute atomic E-state index is 14.4. The van der Waals surface area contributed by atoms with Crippen LogP contribution in [0.1, 0.15) is 49.4 Å². The lowest BCUT2D eigenvalue weighted by atomic mass is 9.71. The van der Waals surface area contributed by atoms with Gasteiger partial charge in [-0.1, -0.05) is 54.6 Å². The highest BCUT2D eigenvalue weighted by molar-refractivity contribution is 6.35. The van der Waals surface area contributed by atoms with Crippen LogP contribution in [0.5, 0.6) is 5.75 Å². The number of hydrogen-bond acceptors (Lipinski definition) is 1. The van der Waals surface area contributed by atoms with Gasteiger partial charge in [0.2, 0.25) is 0 Å². The fraction of sp³-hybridized carbons (Fsp3) is 0.429. The molecule has 1 aliphatic heterocycles. The summed E-state index contributed by atoms with van der Waals surface area (Å²) < 4.78 is 14.4. The molecule has 1 N–H and O–H groups in total. The van der Waals surface area contributed by atoms with E-state index in [1.807, 2.05) is 30.3 Å². The molecule has 0 spiro atoms. The molecule has 1 heterocycles. The van der Waals surface area contributed by atoms with Crippen LogP contribution in [0, 0.1) is 0 Å². The standard InChI is InChI=1S/C21H27FOSi/c22-20(17-5-2-1-3-6-17)7-4-12-21(13-15-24-16-14-21)18-8-10-19(23)11-9-18/h1-3,5-6,8-11,20,23H,4,7,12-16,24H2. The highest BCUT2D eigenvalue weighted by Gasteiger charge is 2.33. The molecule has 1 atom stereocenters. The monoisotopic (exact) mass is 342 g/mol. The van der Waals surface area contributed by atoms with E-state index in [4.69, 9.17) is 0 Å². The van der Waals surface area contributed by atoms with Crippen molar-refractivity contribution in [3.8, 4) is 5.75 Å². The van der Waals surface area contributed by atoms with Crippen molar-refractivity contribution in [1.82, 2.24) is 0 Å². The molecule has 3 heteroatoms. The van der Waals surface area contributed by atoms with Gasteiger partial charge in [-0.2, -0.15) is 0 Å². The van der Waals surface area contributed by atoms with Crippen LogP contribution in [-0.2, 0) is 5.41 Å². The number of hydrogen-bond donors (Lipinski definition) is 1. The molecule has 3 rings (SSSR count). The number of phenols is 1. The molecule has 128 valence electrons. The molecular formula is C21H27FOSi. The van der Waals surface area contributed by atoms with E-state index in [1.165, 1.54) is 30.5 Å². The van der Waals surface area contributed by atoms with Crippen molar-refractivity contribution < 1.29 is 9.50 Å². The van der Waals surface area contributed by atoms with Gasteiger partial charge in [0.15, 0.2) is 0 Å². The quantitative estimate of drug-likeness (QED) is 0.705. The van der Waals surface area contributed by atoms with Crippen LogP contribution in [0.2, 0.25) is 12.1 Å². The van der Waals surface area contributed by atoms with Gasteiger partial charge in [0.05, 0.1) is 0 Å². The molecule has 1 nitrogen and oxygen atoms in total. The lowest BCUT2D eigenvalue weighted by Crippen LogP contribution is -2.30. The zero-order valence-electron chi connectivity index (χ0n) is 14.3. The summed E-state index contributed by atoms with van der Waals surface area (Å²) in [6.07, 6.45) is 4.19. The summed E-state index contributed by atoms with van der Waals surface area (Å²) >= 11 is 0. The predicted molar refractivity (Wildman–Crippen MR) is 101 cm³/mol. The van der Waals surface area contributed by atoms with E-state index in [0.717, 1.165) is 18.4 Å². The molecule has 2 aromatic rings. The summed E-state index contributed by atoms with van der Waals surface area (Å²) in [6, 6.07) is 20.0. The minimum atomic E-state index is -0.860. The van der Waals surface area contributed by atoms with Crippen molar-refractivity contribution in [2.45, 2.75) is 55.8 Å². The number of benzene rings is 2. The van der Waals surface area contributed by atoms with Gasteiger partial charge >= 0.3 is 0 Å². The van der Waals surface area contributed by atoms with E-state index in [1.54, 1.807) is 12.1 Å². The van der Waals surface area contributed by atoms with Gasteiger partial charge < -0.3 is 5.11 Å². The maximum Gasteiger partial charge on any atom is 0.125 e. The van der Waals surface area contributed by atoms with Gasteiger partial charge in [0.1, 0.15) is 11.9 Å². The number of alkyl halides is 1. The molecular weight excluding hydrogens is 315 g/mol. The summed E-state index contributed by atoms with van der Waals surface area (Å²) in [5.74, 6) is 0.326. The summed E-state index contributed by atoms with van der Waals surface area (Å²) in [5, 5.41) is 9.57. The molecule has 0 aliphatic carbocycles. The van der Waals surface area contributed by atoms with E-state index in [-0.39, 0.29) is 14.9 Å². The topological polar surface area (TPSA) is 20.2 Å². The van der Waals surface area contributed by atoms with E-state index < -0.39 is 6.17 Å². The second-order valence-corrected chi connectivity index (χ2v) is 9.28. The fourth-order valence-electron chi connectivity index (χ4n) is 4.17. The molecule has 2 aromatic carbocycles. The van der Waals surface area contributed by atoms with Gasteiger partial charge in [0, 0.05) is 9.52 Å². The Balaban J connectivity index is 1.65. The molecule has 24 heavy (non-hydrogen) atoms. The minimum absolute atomic E-state index is 0.123. The van der Waals surface area contributed by atoms with Gasteiger partial charge in [0.25, 0.3) is 0 Å². The normalized spacial score (nSPS) is 23.2. The highest BCUT2D eigenvalue weighted by atomic mass is 28.2. The van der Waals surface area contributed by atoms with Crippen LogP contribution < -0.4 is 0 Å². The first-order valence-electron chi connectivity index (χ1n) is 9.18. The molecule has 0 aromatic heterocycles. The Bertz CT molecular complexity index is 620. The molecule has 0 amide bonds. The average Bonchev–Trinajstić information content (AvgIpc) is 2.63. The Morgan fingerprint density at radius 3 is 2.33 bits per heavy atom. The summed E-state index contributed by atoms with van der Waals surface area (Å²) in [4.78, 5) is 0. The first-order valence-corrected chi connectivity index (χ1v) is 11.2. The molecule has 1 unspecified atom stereocenters. The third-order valence-electron chi connectivity index (χ3n) is 5.56. The van der Waals surface area contributed by atoms with Gasteiger partial charge in [-0.15, -0.1) is 0 Å². The largest absolute Gasteiger partial charge is 0.508 e. The summed E-state index contributed by atoms with van der Waals surface area (Å²) in [7, 11) is 0.123. The second-order valence-electron chi connectivity index (χ2n) is 7.16. The number of aromatic hydroxyl groups is 1. The van der Waals surface area contributed by atoms with E-state index in [2.05, 4.69) is 12.1 Å². The summed E-state index contributed by atoms with van der Waals surface area (Å²) in [5.41, 5.74) is 2.34. The Labute approximate surface area is 146 Å². The first kappa shape index (κ1) is 17.2. The van der Waals surface area contributed by atoms with Gasteiger partial charge in [-0.05, 0) is 60.8 Å². The van der Waals surface area contributed by atoms with E-state index >= 15 is 0 Å². The van der Waals surface area contributed by atoms with E-state index in [9.17, 15) is 9.50 Å². The van der Waals surface area contributed by atoms with Gasteiger partial charge in [-0.3, -0.25) is 0 Å². The Kier molecular flexibility index (Phi) is 5.72. The lowest BCUT2D eigenvalue weighted by Gasteiger charge is -2.38. The SMILES string of the molecule is Oc1ccc(C2(CCCC(F)c3ccccc3)CC[SiH2]CC2)cc1. The zero-order valence-corrected chi connectivity index (χ0v) is 15.7. The number of phenolic OH excluding ortho intramolecular Hbond substituents is 1. The van der Waals surface area contributed by atoms with Crippen LogP contribution in [-0.4, -0.2) is 14.6 Å². The van der Waals surface area contributed by atoms with Crippen molar-refractivity contribution in [3.63, 3.8) is 0 Å². The molecule has 1 saturated heterocycles. The zero-order chi connectivity index (χ0) is 16.8. The number of halogens is 1. The Morgan fingerprint density at radius 1 is 1.00 bits per heavy atom. The Hall–Kier alpha value is -1.61. The molecule has 0 bridgehead atoms. The van der Waals surface area contributed by atoms with E-state index in [0.29, 0.717) is 12.2 Å². The van der Waals surface area contributed by atoms with Crippen molar-refractivity contribution >= 4 is 9.52 Å². The van der Waals surface area contributed by atoms with Crippen molar-refractivity contribution in [2.24, 2.45) is 0 Å². The van der Waals surface area contributed by atoms with Crippen molar-refractivity contribution in [2.75, 3.05) is 0 Å². The molecule has 1 fully saturated rings. The predicted octanol–water partition coefficient (Wildman–Crippen LogP) is 5.31. The number of rotatable bonds is 6. The molecule has 0 saturated carbocycles. The van der Waals surface area contributed by atoms with Gasteiger partial charge in [-0.25, -0.2) is 4.39 Å². The maximum atomic E-state index is 14.4. The van der Waals surface area contributed by atoms with Crippen molar-refractivity contribution in [3.05, 3.63) is 65.7 Å². The lowest BCUT2D eigenvalue weighted by molar-refractivity contribution is 0.280. The molecule has 1 aliphatic rings. The van der Waals surface area contributed by atoms with Crippen LogP contribution >= 0.6 is 0 Å². The second kappa shape index (κ2) is 7.97. The van der Waals surface area contributed by atoms with Crippen LogP contribution in [0.3, 0.4) is 0 Å². The highest BCUT2D eigenvalue weighted by Crippen LogP contribution is 2.43. The first-order chi connectivity index (χ1) is 11.7. The third-order valence-corrected chi connectivity index (χ3v) is 7.27. The Morgan fingerprint density at radius 2 is 1.67 bits per heavy atom. The van der Waals surface area contributed by atoms with Crippen LogP contribution in [0.25, 0.3) is 0 Å². The van der Waals surface area contributed by atoms with Crippen molar-refractivity contribution in [1.29, 1.82) is 0 Å². The minimum Gasteiger partial charge on any atom is -0.508 e. The third kappa shape index (κ3) is 4.07. The molecule has 0 radical (unpaired) electrons. The average molecular weight is 343 g/mol.